The Morgan fingerprint density at radius 3 is 2.33 bits per heavy atom. The number of rotatable bonds is 6. The standard InChI is InChI=1S/C20H26N4OS.ClH/c1-15-8-7-9-16(2)18(15)22-20(26)23-19(21)24(3)12-13-25-14-17-10-5-4-6-11-17;/h4-11H,12-14H2,1-3H3,(H3,21,22,23,26);1H. The molecule has 0 bridgehead atoms. The highest BCUT2D eigenvalue weighted by Crippen LogP contribution is 2.19. The molecule has 0 aliphatic heterocycles. The number of nitrogens with zero attached hydrogens (tertiary/aromatic N) is 1. The molecule has 0 fully saturated rings. The monoisotopic (exact) mass is 406 g/mol. The molecule has 7 heteroatoms. The van der Waals surface area contributed by atoms with Gasteiger partial charge in [-0.05, 0) is 42.8 Å². The fourth-order valence-electron chi connectivity index (χ4n) is 2.44. The van der Waals surface area contributed by atoms with Crippen molar-refractivity contribution in [1.29, 1.82) is 5.41 Å². The first-order valence-corrected chi connectivity index (χ1v) is 8.94. The number of nitrogens with one attached hydrogen (secondary N) is 3. The van der Waals surface area contributed by atoms with Gasteiger partial charge in [0.25, 0.3) is 0 Å². The van der Waals surface area contributed by atoms with Gasteiger partial charge >= 0.3 is 0 Å². The van der Waals surface area contributed by atoms with E-state index in [0.29, 0.717) is 24.9 Å². The van der Waals surface area contributed by atoms with E-state index in [1.165, 1.54) is 0 Å². The Bertz CT molecular complexity index is 735. The van der Waals surface area contributed by atoms with E-state index >= 15 is 0 Å². The maximum Gasteiger partial charge on any atom is 0.197 e. The van der Waals surface area contributed by atoms with Gasteiger partial charge in [-0.15, -0.1) is 12.4 Å². The minimum atomic E-state index is 0. The van der Waals surface area contributed by atoms with E-state index in [4.69, 9.17) is 22.4 Å². The summed E-state index contributed by atoms with van der Waals surface area (Å²) >= 11 is 5.33. The summed E-state index contributed by atoms with van der Waals surface area (Å²) in [5, 5.41) is 14.6. The molecule has 5 nitrogen and oxygen atoms in total. The van der Waals surface area contributed by atoms with Gasteiger partial charge in [-0.3, -0.25) is 5.41 Å². The molecule has 0 spiro atoms. The van der Waals surface area contributed by atoms with E-state index in [-0.39, 0.29) is 18.4 Å². The third kappa shape index (κ3) is 7.54. The van der Waals surface area contributed by atoms with Crippen LogP contribution in [-0.4, -0.2) is 36.2 Å². The van der Waals surface area contributed by atoms with Crippen LogP contribution in [0, 0.1) is 19.3 Å². The molecular weight excluding hydrogens is 380 g/mol. The zero-order valence-electron chi connectivity index (χ0n) is 15.9. The van der Waals surface area contributed by atoms with Crippen molar-refractivity contribution < 1.29 is 4.74 Å². The molecule has 0 radical (unpaired) electrons. The molecule has 0 aliphatic rings. The summed E-state index contributed by atoms with van der Waals surface area (Å²) in [5.41, 5.74) is 4.35. The van der Waals surface area contributed by atoms with Crippen LogP contribution in [0.1, 0.15) is 16.7 Å². The molecule has 146 valence electrons. The number of likely N-dealkylation sites (N-methyl/N-ethyl adjacent to an activating group) is 1. The number of guanidine groups is 1. The molecule has 0 saturated carbocycles. The van der Waals surface area contributed by atoms with Crippen molar-refractivity contribution in [2.45, 2.75) is 20.5 Å². The van der Waals surface area contributed by atoms with Crippen LogP contribution >= 0.6 is 24.6 Å². The van der Waals surface area contributed by atoms with Crippen LogP contribution in [0.3, 0.4) is 0 Å². The van der Waals surface area contributed by atoms with E-state index in [1.807, 2.05) is 69.4 Å². The molecule has 0 aromatic heterocycles. The Morgan fingerprint density at radius 2 is 1.70 bits per heavy atom. The number of para-hydroxylation sites is 1. The van der Waals surface area contributed by atoms with Crippen molar-refractivity contribution in [3.05, 3.63) is 65.2 Å². The second kappa shape index (κ2) is 11.5. The van der Waals surface area contributed by atoms with Gasteiger partial charge in [-0.25, -0.2) is 0 Å². The summed E-state index contributed by atoms with van der Waals surface area (Å²) in [6.07, 6.45) is 0. The average Bonchev–Trinajstić information content (AvgIpc) is 2.62. The molecular formula is C20H27ClN4OS. The third-order valence-corrected chi connectivity index (χ3v) is 4.22. The first-order valence-electron chi connectivity index (χ1n) is 8.53. The van der Waals surface area contributed by atoms with Crippen molar-refractivity contribution in [3.63, 3.8) is 0 Å². The van der Waals surface area contributed by atoms with Crippen LogP contribution in [0.4, 0.5) is 5.69 Å². The van der Waals surface area contributed by atoms with Gasteiger partial charge in [-0.1, -0.05) is 48.5 Å². The molecule has 2 aromatic rings. The summed E-state index contributed by atoms with van der Waals surface area (Å²) in [5.74, 6) is 0.233. The van der Waals surface area contributed by atoms with Crippen LogP contribution < -0.4 is 10.6 Å². The zero-order chi connectivity index (χ0) is 18.9. The molecule has 0 saturated heterocycles. The first kappa shape index (κ1) is 22.9. The SMILES string of the molecule is Cc1cccc(C)c1NC(=S)NC(=N)N(C)CCOCc1ccccc1.Cl. The highest BCUT2D eigenvalue weighted by atomic mass is 35.5. The van der Waals surface area contributed by atoms with Crippen molar-refractivity contribution in [2.75, 3.05) is 25.5 Å². The van der Waals surface area contributed by atoms with Crippen LogP contribution in [-0.2, 0) is 11.3 Å². The maximum absolute atomic E-state index is 8.13. The van der Waals surface area contributed by atoms with Crippen molar-refractivity contribution >= 4 is 41.4 Å². The lowest BCUT2D eigenvalue weighted by molar-refractivity contribution is 0.111. The summed E-state index contributed by atoms with van der Waals surface area (Å²) in [4.78, 5) is 1.77. The largest absolute Gasteiger partial charge is 0.375 e. The Kier molecular flexibility index (Phi) is 9.78. The Morgan fingerprint density at radius 1 is 1.07 bits per heavy atom. The topological polar surface area (TPSA) is 60.4 Å². The highest BCUT2D eigenvalue weighted by molar-refractivity contribution is 7.80. The quantitative estimate of drug-likeness (QED) is 0.292. The predicted octanol–water partition coefficient (Wildman–Crippen LogP) is 4.10. The molecule has 0 unspecified atom stereocenters. The van der Waals surface area contributed by atoms with Crippen molar-refractivity contribution in [2.24, 2.45) is 0 Å². The number of hydrogen-bond acceptors (Lipinski definition) is 3. The zero-order valence-corrected chi connectivity index (χ0v) is 17.5. The summed E-state index contributed by atoms with van der Waals surface area (Å²) in [6, 6.07) is 16.1. The van der Waals surface area contributed by atoms with E-state index in [2.05, 4.69) is 10.6 Å². The van der Waals surface area contributed by atoms with Gasteiger partial charge in [-0.2, -0.15) is 0 Å². The highest BCUT2D eigenvalue weighted by Gasteiger charge is 2.09. The number of ether oxygens (including phenoxy) is 1. The van der Waals surface area contributed by atoms with Gasteiger partial charge in [0.2, 0.25) is 0 Å². The molecule has 0 atom stereocenters. The normalized spacial score (nSPS) is 9.89. The van der Waals surface area contributed by atoms with Gasteiger partial charge in [0.1, 0.15) is 0 Å². The number of thiocarbonyl (C=S) groups is 1. The lowest BCUT2D eigenvalue weighted by Gasteiger charge is -2.22. The second-order valence-corrected chi connectivity index (χ2v) is 6.56. The number of aryl methyl sites for hydroxylation is 2. The number of anilines is 1. The van der Waals surface area contributed by atoms with Crippen molar-refractivity contribution in [3.8, 4) is 0 Å². The van der Waals surface area contributed by atoms with Crippen LogP contribution in [0.5, 0.6) is 0 Å². The fourth-order valence-corrected chi connectivity index (χ4v) is 2.64. The number of hydrogen-bond donors (Lipinski definition) is 3. The predicted molar refractivity (Wildman–Crippen MR) is 119 cm³/mol. The van der Waals surface area contributed by atoms with E-state index in [0.717, 1.165) is 22.4 Å². The van der Waals surface area contributed by atoms with E-state index in [1.54, 1.807) is 4.90 Å². The summed E-state index contributed by atoms with van der Waals surface area (Å²) < 4.78 is 5.66. The Hall–Kier alpha value is -2.15. The number of halogens is 1. The van der Waals surface area contributed by atoms with Gasteiger partial charge in [0, 0.05) is 19.3 Å². The Balaban J connectivity index is 0.00000364. The smallest absolute Gasteiger partial charge is 0.197 e. The summed E-state index contributed by atoms with van der Waals surface area (Å²) in [6.45, 7) is 5.76. The van der Waals surface area contributed by atoms with Crippen LogP contribution in [0.2, 0.25) is 0 Å². The molecule has 2 rings (SSSR count). The lowest BCUT2D eigenvalue weighted by Crippen LogP contribution is -2.44. The first-order chi connectivity index (χ1) is 12.5. The second-order valence-electron chi connectivity index (χ2n) is 6.15. The van der Waals surface area contributed by atoms with Crippen LogP contribution in [0.25, 0.3) is 0 Å². The van der Waals surface area contributed by atoms with Gasteiger partial charge in [0.05, 0.1) is 13.2 Å². The molecule has 0 heterocycles. The molecule has 0 amide bonds. The average molecular weight is 407 g/mol. The molecule has 27 heavy (non-hydrogen) atoms. The van der Waals surface area contributed by atoms with Crippen molar-refractivity contribution in [1.82, 2.24) is 10.2 Å². The third-order valence-electron chi connectivity index (χ3n) is 4.02. The number of benzene rings is 2. The molecule has 3 N–H and O–H groups in total. The summed E-state index contributed by atoms with van der Waals surface area (Å²) in [7, 11) is 1.84. The Labute approximate surface area is 173 Å². The van der Waals surface area contributed by atoms with Gasteiger partial charge < -0.3 is 20.3 Å². The van der Waals surface area contributed by atoms with Crippen LogP contribution in [0.15, 0.2) is 48.5 Å². The molecule has 0 aliphatic carbocycles. The van der Waals surface area contributed by atoms with Gasteiger partial charge in [0.15, 0.2) is 11.1 Å². The maximum atomic E-state index is 8.13. The van der Waals surface area contributed by atoms with E-state index < -0.39 is 0 Å². The minimum absolute atomic E-state index is 0. The lowest BCUT2D eigenvalue weighted by atomic mass is 10.1. The van der Waals surface area contributed by atoms with E-state index in [9.17, 15) is 0 Å². The molecule has 2 aromatic carbocycles. The fraction of sp³-hybridized carbons (Fsp3) is 0.300. The minimum Gasteiger partial charge on any atom is -0.375 e.